The number of nitrogens with zero attached hydrogens (tertiary/aromatic N) is 3. The molecule has 8 rings (SSSR count). The van der Waals surface area contributed by atoms with Crippen LogP contribution in [0.1, 0.15) is 14.0 Å². The Labute approximate surface area is 271 Å². The monoisotopic (exact) mass is 591 g/mol. The Bertz CT molecular complexity index is 2340. The van der Waals surface area contributed by atoms with E-state index in [1.54, 1.807) is 6.20 Å². The molecule has 0 saturated carbocycles. The smallest absolute Gasteiger partial charge is 0.0646 e. The van der Waals surface area contributed by atoms with Gasteiger partial charge in [-0.25, -0.2) is 0 Å². The van der Waals surface area contributed by atoms with Crippen LogP contribution in [0.2, 0.25) is 0 Å². The van der Waals surface area contributed by atoms with Crippen molar-refractivity contribution in [2.24, 2.45) is 0 Å². The van der Waals surface area contributed by atoms with Gasteiger partial charge in [0.2, 0.25) is 0 Å². The van der Waals surface area contributed by atoms with E-state index in [0.29, 0.717) is 11.3 Å². The topological polar surface area (TPSA) is 21.1 Å². The van der Waals surface area contributed by atoms with Crippen LogP contribution >= 0.6 is 0 Å². The summed E-state index contributed by atoms with van der Waals surface area (Å²) in [6, 6.07) is 57.7. The Kier molecular flexibility index (Phi) is 6.60. The maximum absolute atomic E-state index is 8.87. The van der Waals surface area contributed by atoms with E-state index in [4.69, 9.17) is 2.74 Å². The Hall–Kier alpha value is -6.19. The second-order valence-electron chi connectivity index (χ2n) is 11.2. The molecular formula is C43H31N3. The van der Waals surface area contributed by atoms with Gasteiger partial charge in [-0.2, -0.15) is 0 Å². The molecule has 0 aliphatic rings. The molecule has 0 atom stereocenters. The van der Waals surface area contributed by atoms with E-state index in [0.717, 1.165) is 39.4 Å². The molecule has 0 aliphatic heterocycles. The fraction of sp³-hybridized carbons (Fsp3) is 0. The van der Waals surface area contributed by atoms with Gasteiger partial charge >= 0.3 is 0 Å². The normalized spacial score (nSPS) is 12.4. The highest BCUT2D eigenvalue weighted by Gasteiger charge is 2.14. The highest BCUT2D eigenvalue weighted by molar-refractivity contribution is 6.10. The molecule has 2 heterocycles. The van der Waals surface area contributed by atoms with Gasteiger partial charge in [-0.05, 0) is 83.4 Å². The van der Waals surface area contributed by atoms with Gasteiger partial charge in [0.1, 0.15) is 0 Å². The molecule has 8 aromatic rings. The van der Waals surface area contributed by atoms with Gasteiger partial charge < -0.3 is 9.47 Å². The molecule has 0 bridgehead atoms. The molecule has 2 aromatic heterocycles. The summed E-state index contributed by atoms with van der Waals surface area (Å²) < 4.78 is 20.0. The molecule has 6 aromatic carbocycles. The average molecular weight is 592 g/mol. The quantitative estimate of drug-likeness (QED) is 0.184. The van der Waals surface area contributed by atoms with Crippen molar-refractivity contribution in [3.05, 3.63) is 187 Å². The maximum atomic E-state index is 8.87. The molecule has 218 valence electrons. The van der Waals surface area contributed by atoms with E-state index in [1.165, 1.54) is 16.3 Å². The SMILES string of the molecule is [2H]/C(=C(/[2H])c1ccc(N(c2ccccc2)c2ccccc2)cn1)c1ccc(-c2ccc3c4ccccc4n(-c4ccccc4)c3c2)cc1. The zero-order valence-electron chi connectivity index (χ0n) is 27.1. The molecule has 46 heavy (non-hydrogen) atoms. The Morgan fingerprint density at radius 2 is 1.11 bits per heavy atom. The van der Waals surface area contributed by atoms with E-state index in [1.807, 2.05) is 78.9 Å². The van der Waals surface area contributed by atoms with Gasteiger partial charge in [0, 0.05) is 27.8 Å². The number of fused-ring (bicyclic) bond motifs is 3. The number of benzene rings is 6. The van der Waals surface area contributed by atoms with Gasteiger partial charge in [-0.1, -0.05) is 115 Å². The number of hydrogen-bond donors (Lipinski definition) is 0. The molecule has 0 fully saturated rings. The number of rotatable bonds is 7. The van der Waals surface area contributed by atoms with Crippen LogP contribution in [0.3, 0.4) is 0 Å². The van der Waals surface area contributed by atoms with Gasteiger partial charge in [0.05, 0.1) is 31.4 Å². The Morgan fingerprint density at radius 1 is 0.500 bits per heavy atom. The molecule has 0 radical (unpaired) electrons. The summed E-state index contributed by atoms with van der Waals surface area (Å²) in [6.45, 7) is 0. The maximum Gasteiger partial charge on any atom is 0.0646 e. The van der Waals surface area contributed by atoms with Gasteiger partial charge in [-0.15, -0.1) is 0 Å². The lowest BCUT2D eigenvalue weighted by Crippen LogP contribution is -2.09. The van der Waals surface area contributed by atoms with Crippen molar-refractivity contribution in [2.45, 2.75) is 0 Å². The van der Waals surface area contributed by atoms with Crippen molar-refractivity contribution < 1.29 is 2.74 Å². The summed E-state index contributed by atoms with van der Waals surface area (Å²) in [5.41, 5.74) is 9.61. The van der Waals surface area contributed by atoms with Crippen molar-refractivity contribution in [1.29, 1.82) is 0 Å². The summed E-state index contributed by atoms with van der Waals surface area (Å²) in [7, 11) is 0. The molecule has 0 amide bonds. The van der Waals surface area contributed by atoms with Crippen molar-refractivity contribution in [3.8, 4) is 16.8 Å². The third-order valence-corrected chi connectivity index (χ3v) is 8.28. The van der Waals surface area contributed by atoms with Crippen molar-refractivity contribution in [2.75, 3.05) is 4.90 Å². The second kappa shape index (κ2) is 12.1. The van der Waals surface area contributed by atoms with Crippen LogP contribution in [0.4, 0.5) is 17.1 Å². The first kappa shape index (κ1) is 25.2. The summed E-state index contributed by atoms with van der Waals surface area (Å²) in [5.74, 6) is 0. The summed E-state index contributed by atoms with van der Waals surface area (Å²) in [5, 5.41) is 2.43. The van der Waals surface area contributed by atoms with E-state index in [-0.39, 0.29) is 12.1 Å². The highest BCUT2D eigenvalue weighted by atomic mass is 15.1. The van der Waals surface area contributed by atoms with E-state index < -0.39 is 0 Å². The molecule has 3 heteroatoms. The van der Waals surface area contributed by atoms with Crippen LogP contribution in [-0.2, 0) is 0 Å². The number of aromatic nitrogens is 2. The lowest BCUT2D eigenvalue weighted by atomic mass is 10.0. The minimum Gasteiger partial charge on any atom is -0.309 e. The number of pyridine rings is 1. The minimum atomic E-state index is 0.0778. The average Bonchev–Trinajstić information content (AvgIpc) is 3.49. The van der Waals surface area contributed by atoms with Crippen LogP contribution in [0.15, 0.2) is 176 Å². The largest absolute Gasteiger partial charge is 0.309 e. The minimum absolute atomic E-state index is 0.0778. The zero-order chi connectivity index (χ0) is 32.5. The van der Waals surface area contributed by atoms with Crippen molar-refractivity contribution in [1.82, 2.24) is 9.55 Å². The molecule has 0 unspecified atom stereocenters. The fourth-order valence-corrected chi connectivity index (χ4v) is 6.08. The fourth-order valence-electron chi connectivity index (χ4n) is 6.08. The van der Waals surface area contributed by atoms with Crippen molar-refractivity contribution in [3.63, 3.8) is 0 Å². The van der Waals surface area contributed by atoms with Crippen LogP contribution in [0.25, 0.3) is 50.7 Å². The molecule has 3 nitrogen and oxygen atoms in total. The number of hydrogen-bond acceptors (Lipinski definition) is 2. The Balaban J connectivity index is 1.10. The zero-order valence-corrected chi connectivity index (χ0v) is 25.1. The third-order valence-electron chi connectivity index (χ3n) is 8.28. The standard InChI is InChI=1S/C43H31N3/c1-4-12-36(13-5-1)45(37-14-6-2-7-15-37)39-28-27-35(44-31-39)26-22-32-20-23-33(24-21-32)34-25-29-41-40-18-10-11-19-42(40)46(43(41)30-34)38-16-8-3-9-17-38/h1-31H/b26-22+/i22D,26D. The molecule has 0 saturated heterocycles. The summed E-state index contributed by atoms with van der Waals surface area (Å²) >= 11 is 0. The van der Waals surface area contributed by atoms with Gasteiger partial charge in [0.25, 0.3) is 0 Å². The van der Waals surface area contributed by atoms with E-state index in [9.17, 15) is 0 Å². The first-order chi connectivity index (χ1) is 23.7. The van der Waals surface area contributed by atoms with Gasteiger partial charge in [0.15, 0.2) is 0 Å². The first-order valence-electron chi connectivity index (χ1n) is 16.4. The second-order valence-corrected chi connectivity index (χ2v) is 11.2. The van der Waals surface area contributed by atoms with Crippen LogP contribution in [0.5, 0.6) is 0 Å². The predicted molar refractivity (Wildman–Crippen MR) is 194 cm³/mol. The van der Waals surface area contributed by atoms with Crippen molar-refractivity contribution >= 4 is 51.0 Å². The molecule has 0 N–H and O–H groups in total. The van der Waals surface area contributed by atoms with Crippen LogP contribution < -0.4 is 4.90 Å². The summed E-state index contributed by atoms with van der Waals surface area (Å²) in [6.07, 6.45) is 1.77. The van der Waals surface area contributed by atoms with E-state index in [2.05, 4.69) is 105 Å². The number of para-hydroxylation sites is 4. The lowest BCUT2D eigenvalue weighted by molar-refractivity contribution is 1.18. The third kappa shape index (κ3) is 5.25. The molecular weight excluding hydrogens is 558 g/mol. The predicted octanol–water partition coefficient (Wildman–Crippen LogP) is 11.5. The van der Waals surface area contributed by atoms with Crippen LogP contribution in [-0.4, -0.2) is 9.55 Å². The molecule has 0 aliphatic carbocycles. The van der Waals surface area contributed by atoms with E-state index >= 15 is 0 Å². The highest BCUT2D eigenvalue weighted by Crippen LogP contribution is 2.36. The summed E-state index contributed by atoms with van der Waals surface area (Å²) in [4.78, 5) is 6.76. The van der Waals surface area contributed by atoms with Gasteiger partial charge in [-0.3, -0.25) is 4.98 Å². The lowest BCUT2D eigenvalue weighted by Gasteiger charge is -2.25. The first-order valence-corrected chi connectivity index (χ1v) is 15.4. The Morgan fingerprint density at radius 3 is 1.78 bits per heavy atom. The van der Waals surface area contributed by atoms with Crippen LogP contribution in [0, 0.1) is 0 Å². The molecule has 0 spiro atoms. The number of anilines is 3.